The van der Waals surface area contributed by atoms with Gasteiger partial charge in [-0.2, -0.15) is 0 Å². The fraction of sp³-hybridized carbons (Fsp3) is 0.0800. The Morgan fingerprint density at radius 2 is 1.50 bits per heavy atom. The SMILES string of the molecule is CC(=O)c1ccccc1N=C(C)c1c(O)c2ccccc2n(-c2ccccc2)c1=O. The highest BCUT2D eigenvalue weighted by Gasteiger charge is 2.19. The maximum atomic E-state index is 13.5. The first kappa shape index (κ1) is 19.3. The van der Waals surface area contributed by atoms with Crippen LogP contribution in [0.15, 0.2) is 88.6 Å². The lowest BCUT2D eigenvalue weighted by Crippen LogP contribution is -2.25. The maximum Gasteiger partial charge on any atom is 0.268 e. The van der Waals surface area contributed by atoms with Crippen LogP contribution in [0, 0.1) is 0 Å². The number of aromatic hydroxyl groups is 1. The van der Waals surface area contributed by atoms with Gasteiger partial charge in [0.05, 0.1) is 16.9 Å². The van der Waals surface area contributed by atoms with Crippen molar-refractivity contribution in [2.75, 3.05) is 0 Å². The minimum atomic E-state index is -0.376. The molecule has 0 aliphatic carbocycles. The number of pyridine rings is 1. The van der Waals surface area contributed by atoms with Gasteiger partial charge in [0.25, 0.3) is 5.56 Å². The first-order valence-corrected chi connectivity index (χ1v) is 9.57. The van der Waals surface area contributed by atoms with Crippen molar-refractivity contribution in [1.29, 1.82) is 0 Å². The van der Waals surface area contributed by atoms with Gasteiger partial charge in [0.15, 0.2) is 5.78 Å². The molecule has 4 rings (SSSR count). The molecule has 0 aliphatic heterocycles. The maximum absolute atomic E-state index is 13.5. The van der Waals surface area contributed by atoms with Gasteiger partial charge in [-0.15, -0.1) is 0 Å². The van der Waals surface area contributed by atoms with E-state index in [0.29, 0.717) is 33.6 Å². The topological polar surface area (TPSA) is 71.7 Å². The van der Waals surface area contributed by atoms with Crippen molar-refractivity contribution in [1.82, 2.24) is 4.57 Å². The summed E-state index contributed by atoms with van der Waals surface area (Å²) in [5, 5.41) is 11.5. The molecule has 0 aliphatic rings. The largest absolute Gasteiger partial charge is 0.506 e. The molecule has 0 saturated heterocycles. The highest BCUT2D eigenvalue weighted by atomic mass is 16.3. The van der Waals surface area contributed by atoms with Crippen molar-refractivity contribution in [3.8, 4) is 11.4 Å². The van der Waals surface area contributed by atoms with Crippen LogP contribution < -0.4 is 5.56 Å². The van der Waals surface area contributed by atoms with Gasteiger partial charge in [0.1, 0.15) is 11.3 Å². The summed E-state index contributed by atoms with van der Waals surface area (Å²) >= 11 is 0. The number of aromatic nitrogens is 1. The van der Waals surface area contributed by atoms with E-state index in [2.05, 4.69) is 4.99 Å². The van der Waals surface area contributed by atoms with Gasteiger partial charge in [-0.1, -0.05) is 42.5 Å². The number of aliphatic imine (C=N–C) groups is 1. The van der Waals surface area contributed by atoms with Crippen LogP contribution in [-0.4, -0.2) is 21.2 Å². The third-order valence-electron chi connectivity index (χ3n) is 5.00. The summed E-state index contributed by atoms with van der Waals surface area (Å²) in [6, 6.07) is 23.4. The van der Waals surface area contributed by atoms with Gasteiger partial charge >= 0.3 is 0 Å². The molecule has 148 valence electrons. The Morgan fingerprint density at radius 3 is 2.23 bits per heavy atom. The number of Topliss-reactive ketones (excluding diaryl/α,β-unsaturated/α-hetero) is 1. The van der Waals surface area contributed by atoms with Gasteiger partial charge in [-0.3, -0.25) is 19.1 Å². The van der Waals surface area contributed by atoms with Crippen molar-refractivity contribution in [3.63, 3.8) is 0 Å². The number of para-hydroxylation sites is 3. The Labute approximate surface area is 173 Å². The molecule has 1 N–H and O–H groups in total. The number of carbonyl (C=O) groups excluding carboxylic acids is 1. The molecule has 0 spiro atoms. The van der Waals surface area contributed by atoms with Crippen molar-refractivity contribution >= 4 is 28.1 Å². The second-order valence-corrected chi connectivity index (χ2v) is 6.99. The summed E-state index contributed by atoms with van der Waals surface area (Å²) in [6.07, 6.45) is 0. The predicted octanol–water partition coefficient (Wildman–Crippen LogP) is 5.04. The third kappa shape index (κ3) is 3.31. The number of nitrogens with zero attached hydrogens (tertiary/aromatic N) is 2. The first-order chi connectivity index (χ1) is 14.5. The smallest absolute Gasteiger partial charge is 0.268 e. The number of benzene rings is 3. The minimum Gasteiger partial charge on any atom is -0.506 e. The lowest BCUT2D eigenvalue weighted by Gasteiger charge is -2.15. The Morgan fingerprint density at radius 1 is 0.867 bits per heavy atom. The van der Waals surface area contributed by atoms with Gasteiger partial charge in [-0.25, -0.2) is 0 Å². The van der Waals surface area contributed by atoms with Gasteiger partial charge in [-0.05, 0) is 50.2 Å². The van der Waals surface area contributed by atoms with E-state index in [1.165, 1.54) is 6.92 Å². The van der Waals surface area contributed by atoms with Crippen molar-refractivity contribution in [3.05, 3.63) is 100 Å². The zero-order valence-corrected chi connectivity index (χ0v) is 16.7. The average Bonchev–Trinajstić information content (AvgIpc) is 2.75. The zero-order chi connectivity index (χ0) is 21.3. The normalized spacial score (nSPS) is 11.6. The summed E-state index contributed by atoms with van der Waals surface area (Å²) in [5.74, 6) is -0.240. The minimum absolute atomic E-state index is 0.107. The Hall–Kier alpha value is -3.99. The standard InChI is InChI=1S/C25H20N2O3/c1-16(26-21-14-8-6-12-19(21)17(2)28)23-24(29)20-13-7-9-15-22(20)27(25(23)30)18-10-4-3-5-11-18/h3-15,29H,1-2H3. The lowest BCUT2D eigenvalue weighted by atomic mass is 10.1. The molecule has 1 aromatic heterocycles. The molecule has 0 unspecified atom stereocenters. The molecular formula is C25H20N2O3. The number of rotatable bonds is 4. The summed E-state index contributed by atoms with van der Waals surface area (Å²) in [5.41, 5.74) is 2.28. The van der Waals surface area contributed by atoms with E-state index in [1.807, 2.05) is 42.5 Å². The van der Waals surface area contributed by atoms with Crippen LogP contribution in [0.5, 0.6) is 5.75 Å². The Kier molecular flexibility index (Phi) is 5.02. The number of hydrogen-bond donors (Lipinski definition) is 1. The van der Waals surface area contributed by atoms with E-state index in [4.69, 9.17) is 0 Å². The molecular weight excluding hydrogens is 376 g/mol. The number of fused-ring (bicyclic) bond motifs is 1. The average molecular weight is 396 g/mol. The van der Waals surface area contributed by atoms with Crippen molar-refractivity contribution < 1.29 is 9.90 Å². The fourth-order valence-corrected chi connectivity index (χ4v) is 3.59. The Bertz CT molecular complexity index is 1350. The molecule has 1 heterocycles. The molecule has 0 amide bonds. The summed E-state index contributed by atoms with van der Waals surface area (Å²) < 4.78 is 1.57. The second kappa shape index (κ2) is 7.79. The van der Waals surface area contributed by atoms with Gasteiger partial charge in [0.2, 0.25) is 0 Å². The van der Waals surface area contributed by atoms with E-state index in [-0.39, 0.29) is 22.7 Å². The molecule has 0 atom stereocenters. The molecule has 0 radical (unpaired) electrons. The van der Waals surface area contributed by atoms with E-state index in [0.717, 1.165) is 0 Å². The molecule has 5 heteroatoms. The van der Waals surface area contributed by atoms with E-state index < -0.39 is 0 Å². The van der Waals surface area contributed by atoms with Crippen LogP contribution in [0.2, 0.25) is 0 Å². The van der Waals surface area contributed by atoms with Crippen LogP contribution in [0.1, 0.15) is 29.8 Å². The number of ketones is 1. The van der Waals surface area contributed by atoms with E-state index in [9.17, 15) is 14.7 Å². The molecule has 3 aromatic carbocycles. The van der Waals surface area contributed by atoms with Crippen LogP contribution >= 0.6 is 0 Å². The van der Waals surface area contributed by atoms with E-state index in [1.54, 1.807) is 47.9 Å². The van der Waals surface area contributed by atoms with Crippen LogP contribution in [0.3, 0.4) is 0 Å². The van der Waals surface area contributed by atoms with Crippen molar-refractivity contribution in [2.24, 2.45) is 4.99 Å². The summed E-state index contributed by atoms with van der Waals surface area (Å²) in [4.78, 5) is 30.0. The lowest BCUT2D eigenvalue weighted by molar-refractivity contribution is 0.101. The monoisotopic (exact) mass is 396 g/mol. The summed E-state index contributed by atoms with van der Waals surface area (Å²) in [6.45, 7) is 3.14. The highest BCUT2D eigenvalue weighted by molar-refractivity contribution is 6.08. The quantitative estimate of drug-likeness (QED) is 0.388. The molecule has 30 heavy (non-hydrogen) atoms. The molecule has 5 nitrogen and oxygen atoms in total. The van der Waals surface area contributed by atoms with Gasteiger partial charge < -0.3 is 5.11 Å². The molecule has 0 bridgehead atoms. The summed E-state index contributed by atoms with van der Waals surface area (Å²) in [7, 11) is 0. The first-order valence-electron chi connectivity index (χ1n) is 9.57. The molecule has 0 fully saturated rings. The van der Waals surface area contributed by atoms with Crippen LogP contribution in [0.4, 0.5) is 5.69 Å². The fourth-order valence-electron chi connectivity index (χ4n) is 3.59. The van der Waals surface area contributed by atoms with Crippen LogP contribution in [-0.2, 0) is 0 Å². The van der Waals surface area contributed by atoms with Gasteiger partial charge in [0, 0.05) is 16.6 Å². The predicted molar refractivity (Wildman–Crippen MR) is 120 cm³/mol. The second-order valence-electron chi connectivity index (χ2n) is 6.99. The van der Waals surface area contributed by atoms with Crippen molar-refractivity contribution in [2.45, 2.75) is 13.8 Å². The zero-order valence-electron chi connectivity index (χ0n) is 16.7. The Balaban J connectivity index is 2.03. The highest BCUT2D eigenvalue weighted by Crippen LogP contribution is 2.29. The third-order valence-corrected chi connectivity index (χ3v) is 5.00. The molecule has 0 saturated carbocycles. The number of carbonyl (C=O) groups is 1. The van der Waals surface area contributed by atoms with E-state index >= 15 is 0 Å². The molecule has 4 aromatic rings. The van der Waals surface area contributed by atoms with Crippen LogP contribution in [0.25, 0.3) is 16.6 Å². The number of hydrogen-bond acceptors (Lipinski definition) is 4.